The summed E-state index contributed by atoms with van der Waals surface area (Å²) < 4.78 is 5.65. The van der Waals surface area contributed by atoms with Crippen molar-refractivity contribution < 1.29 is 9.21 Å². The summed E-state index contributed by atoms with van der Waals surface area (Å²) in [6, 6.07) is 11.3. The highest BCUT2D eigenvalue weighted by molar-refractivity contribution is 8.00. The molecule has 0 fully saturated rings. The first-order valence-corrected chi connectivity index (χ1v) is 8.61. The molecular weight excluding hydrogens is 336 g/mol. The minimum absolute atomic E-state index is 0.0195. The van der Waals surface area contributed by atoms with Crippen LogP contribution in [-0.4, -0.2) is 31.2 Å². The number of carbonyl (C=O) groups excluding carboxylic acids is 1. The Bertz CT molecular complexity index is 1030. The second kappa shape index (κ2) is 6.52. The third-order valence-electron chi connectivity index (χ3n) is 3.84. The fraction of sp³-hybridized carbons (Fsp3) is 0.111. The van der Waals surface area contributed by atoms with E-state index in [9.17, 15) is 4.79 Å². The molecule has 0 saturated heterocycles. The van der Waals surface area contributed by atoms with E-state index in [1.54, 1.807) is 30.7 Å². The number of aromatic amines is 1. The number of ketones is 1. The molecule has 0 spiro atoms. The zero-order chi connectivity index (χ0) is 17.2. The Kier molecular flexibility index (Phi) is 4.07. The van der Waals surface area contributed by atoms with E-state index in [1.165, 1.54) is 11.8 Å². The predicted molar refractivity (Wildman–Crippen MR) is 95.5 cm³/mol. The topological polar surface area (TPSA) is 84.7 Å². The lowest BCUT2D eigenvalue weighted by atomic mass is 10.1. The second-order valence-electron chi connectivity index (χ2n) is 5.48. The summed E-state index contributed by atoms with van der Waals surface area (Å²) in [7, 11) is 0. The average Bonchev–Trinajstić information content (AvgIpc) is 3.29. The Morgan fingerprint density at radius 1 is 1.16 bits per heavy atom. The van der Waals surface area contributed by atoms with E-state index in [0.29, 0.717) is 16.7 Å². The fourth-order valence-corrected chi connectivity index (χ4v) is 3.32. The molecule has 0 bridgehead atoms. The van der Waals surface area contributed by atoms with Crippen LogP contribution < -0.4 is 0 Å². The smallest absolute Gasteiger partial charge is 0.277 e. The number of Topliss-reactive ketones (excluding diaryl/α,β-unsaturated/α-hetero) is 1. The number of hydrogen-bond acceptors (Lipinski definition) is 6. The highest BCUT2D eigenvalue weighted by Gasteiger charge is 2.22. The van der Waals surface area contributed by atoms with E-state index in [4.69, 9.17) is 4.42 Å². The minimum Gasteiger partial charge on any atom is -0.411 e. The molecule has 1 atom stereocenters. The van der Waals surface area contributed by atoms with Gasteiger partial charge in [0.15, 0.2) is 5.78 Å². The SMILES string of the molecule is CC(Sc1nnc(-c2ccncc2)o1)C(=O)c1c[nH]c2ccccc12. The first-order chi connectivity index (χ1) is 12.2. The maximum absolute atomic E-state index is 12.8. The number of carbonyl (C=O) groups is 1. The van der Waals surface area contributed by atoms with Crippen molar-refractivity contribution in [3.63, 3.8) is 0 Å². The molecule has 7 heteroatoms. The van der Waals surface area contributed by atoms with Gasteiger partial charge in [0.1, 0.15) is 0 Å². The largest absolute Gasteiger partial charge is 0.411 e. The summed E-state index contributed by atoms with van der Waals surface area (Å²) >= 11 is 1.25. The molecule has 0 aliphatic rings. The third kappa shape index (κ3) is 3.06. The minimum atomic E-state index is -0.343. The predicted octanol–water partition coefficient (Wildman–Crippen LogP) is 3.98. The van der Waals surface area contributed by atoms with Crippen LogP contribution in [0.1, 0.15) is 17.3 Å². The van der Waals surface area contributed by atoms with Crippen LogP contribution in [0.25, 0.3) is 22.4 Å². The van der Waals surface area contributed by atoms with Gasteiger partial charge in [0, 0.05) is 40.6 Å². The number of H-pyrrole nitrogens is 1. The summed E-state index contributed by atoms with van der Waals surface area (Å²) in [6.45, 7) is 1.84. The molecule has 4 aromatic rings. The number of benzene rings is 1. The van der Waals surface area contributed by atoms with Gasteiger partial charge in [-0.3, -0.25) is 9.78 Å². The van der Waals surface area contributed by atoms with Gasteiger partial charge in [0.25, 0.3) is 5.22 Å². The molecule has 1 unspecified atom stereocenters. The normalized spacial score (nSPS) is 12.4. The zero-order valence-electron chi connectivity index (χ0n) is 13.3. The molecule has 3 heterocycles. The monoisotopic (exact) mass is 350 g/mol. The van der Waals surface area contributed by atoms with Crippen LogP contribution in [0.2, 0.25) is 0 Å². The van der Waals surface area contributed by atoms with Crippen molar-refractivity contribution in [1.29, 1.82) is 0 Å². The van der Waals surface area contributed by atoms with Crippen LogP contribution in [0, 0.1) is 0 Å². The molecule has 25 heavy (non-hydrogen) atoms. The van der Waals surface area contributed by atoms with Crippen LogP contribution in [0.4, 0.5) is 0 Å². The highest BCUT2D eigenvalue weighted by Crippen LogP contribution is 2.29. The van der Waals surface area contributed by atoms with E-state index < -0.39 is 0 Å². The lowest BCUT2D eigenvalue weighted by Crippen LogP contribution is -2.13. The number of para-hydroxylation sites is 1. The van der Waals surface area contributed by atoms with Gasteiger partial charge in [-0.15, -0.1) is 10.2 Å². The summed E-state index contributed by atoms with van der Waals surface area (Å²) in [4.78, 5) is 19.8. The molecule has 0 aliphatic carbocycles. The van der Waals surface area contributed by atoms with Gasteiger partial charge in [-0.05, 0) is 25.1 Å². The molecule has 124 valence electrons. The number of aromatic nitrogens is 4. The molecule has 0 aliphatic heterocycles. The quantitative estimate of drug-likeness (QED) is 0.433. The van der Waals surface area contributed by atoms with Gasteiger partial charge in [0.05, 0.1) is 5.25 Å². The molecule has 6 nitrogen and oxygen atoms in total. The first-order valence-electron chi connectivity index (χ1n) is 7.73. The lowest BCUT2D eigenvalue weighted by molar-refractivity contribution is 0.0995. The van der Waals surface area contributed by atoms with Gasteiger partial charge < -0.3 is 9.40 Å². The molecule has 4 rings (SSSR count). The average molecular weight is 350 g/mol. The molecule has 1 N–H and O–H groups in total. The van der Waals surface area contributed by atoms with E-state index >= 15 is 0 Å². The van der Waals surface area contributed by atoms with E-state index in [0.717, 1.165) is 16.5 Å². The number of nitrogens with zero attached hydrogens (tertiary/aromatic N) is 3. The highest BCUT2D eigenvalue weighted by atomic mass is 32.2. The summed E-state index contributed by atoms with van der Waals surface area (Å²) in [6.07, 6.45) is 5.07. The first kappa shape index (κ1) is 15.6. The second-order valence-corrected chi connectivity index (χ2v) is 6.77. The van der Waals surface area contributed by atoms with E-state index in [2.05, 4.69) is 20.2 Å². The van der Waals surface area contributed by atoms with Gasteiger partial charge >= 0.3 is 0 Å². The number of rotatable bonds is 5. The maximum Gasteiger partial charge on any atom is 0.277 e. The molecule has 0 radical (unpaired) electrons. The van der Waals surface area contributed by atoms with Crippen LogP contribution in [-0.2, 0) is 0 Å². The molecule has 0 amide bonds. The lowest BCUT2D eigenvalue weighted by Gasteiger charge is -2.06. The van der Waals surface area contributed by atoms with Crippen LogP contribution >= 0.6 is 11.8 Å². The Labute approximate surface area is 147 Å². The maximum atomic E-state index is 12.8. The van der Waals surface area contributed by atoms with Crippen molar-refractivity contribution in [2.24, 2.45) is 0 Å². The van der Waals surface area contributed by atoms with Crippen LogP contribution in [0.3, 0.4) is 0 Å². The van der Waals surface area contributed by atoms with Crippen molar-refractivity contribution in [1.82, 2.24) is 20.2 Å². The van der Waals surface area contributed by atoms with Crippen LogP contribution in [0.15, 0.2) is 64.6 Å². The van der Waals surface area contributed by atoms with Crippen molar-refractivity contribution in [3.8, 4) is 11.5 Å². The van der Waals surface area contributed by atoms with Gasteiger partial charge in [0.2, 0.25) is 5.89 Å². The molecular formula is C18H14N4O2S. The number of hydrogen-bond donors (Lipinski definition) is 1. The van der Waals surface area contributed by atoms with Crippen LogP contribution in [0.5, 0.6) is 0 Å². The van der Waals surface area contributed by atoms with Crippen molar-refractivity contribution in [2.45, 2.75) is 17.4 Å². The Morgan fingerprint density at radius 2 is 1.96 bits per heavy atom. The van der Waals surface area contributed by atoms with Gasteiger partial charge in [-0.1, -0.05) is 30.0 Å². The van der Waals surface area contributed by atoms with E-state index in [-0.39, 0.29) is 11.0 Å². The Morgan fingerprint density at radius 3 is 2.80 bits per heavy atom. The molecule has 1 aromatic carbocycles. The van der Waals surface area contributed by atoms with Crippen molar-refractivity contribution >= 4 is 28.4 Å². The Hall–Kier alpha value is -2.93. The molecule has 3 aromatic heterocycles. The summed E-state index contributed by atoms with van der Waals surface area (Å²) in [5.41, 5.74) is 2.41. The number of fused-ring (bicyclic) bond motifs is 1. The van der Waals surface area contributed by atoms with Crippen molar-refractivity contribution in [2.75, 3.05) is 0 Å². The number of nitrogens with one attached hydrogen (secondary N) is 1. The Balaban J connectivity index is 1.53. The van der Waals surface area contributed by atoms with E-state index in [1.807, 2.05) is 31.2 Å². The van der Waals surface area contributed by atoms with Crippen molar-refractivity contribution in [3.05, 3.63) is 60.6 Å². The van der Waals surface area contributed by atoms with Gasteiger partial charge in [-0.2, -0.15) is 0 Å². The number of pyridine rings is 1. The molecule has 0 saturated carbocycles. The zero-order valence-corrected chi connectivity index (χ0v) is 14.2. The summed E-state index contributed by atoms with van der Waals surface area (Å²) in [5.74, 6) is 0.433. The van der Waals surface area contributed by atoms with Gasteiger partial charge in [-0.25, -0.2) is 0 Å². The third-order valence-corrected chi connectivity index (χ3v) is 4.77. The fourth-order valence-electron chi connectivity index (χ4n) is 2.57. The number of thioether (sulfide) groups is 1. The standard InChI is InChI=1S/C18H14N4O2S/c1-11(16(23)14-10-20-15-5-3-2-4-13(14)15)25-18-22-21-17(24-18)12-6-8-19-9-7-12/h2-11,20H,1H3. The summed E-state index contributed by atoms with van der Waals surface area (Å²) in [5, 5.41) is 9.00.